The molecule has 1 aromatic rings. The summed E-state index contributed by atoms with van der Waals surface area (Å²) in [5.74, 6) is -0.0740. The number of nitrogens with zero attached hydrogens (tertiary/aromatic N) is 1. The summed E-state index contributed by atoms with van der Waals surface area (Å²) in [6.07, 6.45) is 3.45. The molecule has 0 aliphatic heterocycles. The van der Waals surface area contributed by atoms with Crippen LogP contribution in [0.4, 0.5) is 0 Å². The molecule has 6 heteroatoms. The van der Waals surface area contributed by atoms with Crippen LogP contribution in [-0.4, -0.2) is 37.5 Å². The van der Waals surface area contributed by atoms with E-state index in [-0.39, 0.29) is 18.9 Å². The molecule has 2 rings (SSSR count). The van der Waals surface area contributed by atoms with E-state index in [1.54, 1.807) is 0 Å². The van der Waals surface area contributed by atoms with E-state index in [0.29, 0.717) is 12.6 Å². The average molecular weight is 310 g/mol. The molecular weight excluding hydrogens is 288 g/mol. The number of sulfonamides is 1. The standard InChI is InChI=1S/C15H22N2O3S/c1-12-3-5-13(6-4-12)11-17(21(2,19)20)10-9-15(18)16-14-7-8-14/h3-6,14H,7-11H2,1-2H3,(H,16,18). The summed E-state index contributed by atoms with van der Waals surface area (Å²) in [5.41, 5.74) is 2.06. The Balaban J connectivity index is 1.94. The molecule has 21 heavy (non-hydrogen) atoms. The molecule has 0 spiro atoms. The molecule has 0 aromatic heterocycles. The van der Waals surface area contributed by atoms with Crippen LogP contribution in [-0.2, 0) is 21.4 Å². The van der Waals surface area contributed by atoms with Crippen molar-refractivity contribution in [1.29, 1.82) is 0 Å². The van der Waals surface area contributed by atoms with E-state index < -0.39 is 10.0 Å². The highest BCUT2D eigenvalue weighted by atomic mass is 32.2. The number of amides is 1. The molecule has 116 valence electrons. The summed E-state index contributed by atoms with van der Waals surface area (Å²) < 4.78 is 25.0. The van der Waals surface area contributed by atoms with Crippen molar-refractivity contribution in [3.63, 3.8) is 0 Å². The Morgan fingerprint density at radius 1 is 1.29 bits per heavy atom. The zero-order valence-electron chi connectivity index (χ0n) is 12.5. The van der Waals surface area contributed by atoms with Crippen molar-refractivity contribution in [3.05, 3.63) is 35.4 Å². The van der Waals surface area contributed by atoms with Gasteiger partial charge in [0, 0.05) is 25.6 Å². The average Bonchev–Trinajstić information content (AvgIpc) is 3.19. The van der Waals surface area contributed by atoms with Crippen LogP contribution < -0.4 is 5.32 Å². The number of carbonyl (C=O) groups is 1. The van der Waals surface area contributed by atoms with Gasteiger partial charge in [0.25, 0.3) is 0 Å². The minimum absolute atomic E-state index is 0.0740. The molecule has 1 N–H and O–H groups in total. The van der Waals surface area contributed by atoms with Gasteiger partial charge < -0.3 is 5.32 Å². The molecule has 1 aliphatic carbocycles. The molecule has 0 unspecified atom stereocenters. The summed E-state index contributed by atoms with van der Waals surface area (Å²) in [7, 11) is -3.33. The van der Waals surface area contributed by atoms with Crippen LogP contribution in [0.25, 0.3) is 0 Å². The fourth-order valence-electron chi connectivity index (χ4n) is 2.01. The Bertz CT molecular complexity index is 592. The van der Waals surface area contributed by atoms with Crippen LogP contribution >= 0.6 is 0 Å². The largest absolute Gasteiger partial charge is 0.353 e. The number of aryl methyl sites for hydroxylation is 1. The predicted octanol–water partition coefficient (Wildman–Crippen LogP) is 1.43. The molecule has 0 atom stereocenters. The summed E-state index contributed by atoms with van der Waals surface area (Å²) in [6.45, 7) is 2.50. The molecule has 1 fully saturated rings. The zero-order chi connectivity index (χ0) is 15.5. The first-order valence-corrected chi connectivity index (χ1v) is 8.99. The van der Waals surface area contributed by atoms with Gasteiger partial charge in [-0.25, -0.2) is 8.42 Å². The summed E-state index contributed by atoms with van der Waals surface area (Å²) in [4.78, 5) is 11.7. The minimum Gasteiger partial charge on any atom is -0.353 e. The van der Waals surface area contributed by atoms with Gasteiger partial charge in [-0.3, -0.25) is 4.79 Å². The SMILES string of the molecule is Cc1ccc(CN(CCC(=O)NC2CC2)S(C)(=O)=O)cc1. The normalized spacial score (nSPS) is 15.2. The fourth-order valence-corrected chi connectivity index (χ4v) is 2.82. The van der Waals surface area contributed by atoms with E-state index in [1.165, 1.54) is 10.6 Å². The van der Waals surface area contributed by atoms with Gasteiger partial charge in [0.15, 0.2) is 0 Å². The minimum atomic E-state index is -3.33. The van der Waals surface area contributed by atoms with E-state index in [9.17, 15) is 13.2 Å². The van der Waals surface area contributed by atoms with E-state index >= 15 is 0 Å². The molecule has 1 aromatic carbocycles. The maximum atomic E-state index is 11.8. The highest BCUT2D eigenvalue weighted by Crippen LogP contribution is 2.18. The molecule has 1 aliphatic rings. The van der Waals surface area contributed by atoms with Crippen molar-refractivity contribution < 1.29 is 13.2 Å². The Hall–Kier alpha value is -1.40. The first kappa shape index (κ1) is 16.0. The second kappa shape index (κ2) is 6.58. The van der Waals surface area contributed by atoms with Crippen molar-refractivity contribution >= 4 is 15.9 Å². The van der Waals surface area contributed by atoms with Gasteiger partial charge in [-0.1, -0.05) is 29.8 Å². The van der Waals surface area contributed by atoms with Crippen molar-refractivity contribution in [2.75, 3.05) is 12.8 Å². The monoisotopic (exact) mass is 310 g/mol. The molecule has 1 saturated carbocycles. The van der Waals surface area contributed by atoms with E-state index in [4.69, 9.17) is 0 Å². The maximum absolute atomic E-state index is 11.8. The molecule has 1 amide bonds. The third kappa shape index (κ3) is 5.47. The van der Waals surface area contributed by atoms with Gasteiger partial charge in [0.1, 0.15) is 0 Å². The zero-order valence-corrected chi connectivity index (χ0v) is 13.3. The number of hydrogen-bond acceptors (Lipinski definition) is 3. The quantitative estimate of drug-likeness (QED) is 0.828. The Morgan fingerprint density at radius 2 is 1.90 bits per heavy atom. The number of carbonyl (C=O) groups excluding carboxylic acids is 1. The second-order valence-electron chi connectivity index (χ2n) is 5.67. The third-order valence-electron chi connectivity index (χ3n) is 3.48. The first-order chi connectivity index (χ1) is 9.84. The van der Waals surface area contributed by atoms with Crippen LogP contribution in [0.3, 0.4) is 0 Å². The van der Waals surface area contributed by atoms with Crippen LogP contribution in [0.5, 0.6) is 0 Å². The second-order valence-corrected chi connectivity index (χ2v) is 7.66. The van der Waals surface area contributed by atoms with Crippen LogP contribution in [0, 0.1) is 6.92 Å². The van der Waals surface area contributed by atoms with Crippen LogP contribution in [0.1, 0.15) is 30.4 Å². The number of rotatable bonds is 7. The topological polar surface area (TPSA) is 66.5 Å². The Morgan fingerprint density at radius 3 is 2.43 bits per heavy atom. The van der Waals surface area contributed by atoms with Crippen molar-refractivity contribution in [2.45, 2.75) is 38.8 Å². The smallest absolute Gasteiger partial charge is 0.221 e. The van der Waals surface area contributed by atoms with Crippen molar-refractivity contribution in [2.24, 2.45) is 0 Å². The van der Waals surface area contributed by atoms with Crippen LogP contribution in [0.2, 0.25) is 0 Å². The van der Waals surface area contributed by atoms with Crippen molar-refractivity contribution in [3.8, 4) is 0 Å². The third-order valence-corrected chi connectivity index (χ3v) is 4.73. The van der Waals surface area contributed by atoms with Gasteiger partial charge in [0.2, 0.25) is 15.9 Å². The first-order valence-electron chi connectivity index (χ1n) is 7.14. The van der Waals surface area contributed by atoms with E-state index in [1.807, 2.05) is 31.2 Å². The lowest BCUT2D eigenvalue weighted by atomic mass is 10.1. The van der Waals surface area contributed by atoms with Gasteiger partial charge in [-0.15, -0.1) is 0 Å². The molecular formula is C15H22N2O3S. The van der Waals surface area contributed by atoms with Crippen molar-refractivity contribution in [1.82, 2.24) is 9.62 Å². The van der Waals surface area contributed by atoms with Gasteiger partial charge >= 0.3 is 0 Å². The van der Waals surface area contributed by atoms with E-state index in [2.05, 4.69) is 5.32 Å². The number of benzene rings is 1. The lowest BCUT2D eigenvalue weighted by Gasteiger charge is -2.20. The lowest BCUT2D eigenvalue weighted by Crippen LogP contribution is -2.34. The molecule has 0 saturated heterocycles. The molecule has 5 nitrogen and oxygen atoms in total. The molecule has 0 heterocycles. The highest BCUT2D eigenvalue weighted by Gasteiger charge is 2.24. The van der Waals surface area contributed by atoms with E-state index in [0.717, 1.165) is 24.0 Å². The summed E-state index contributed by atoms with van der Waals surface area (Å²) in [5, 5.41) is 2.87. The highest BCUT2D eigenvalue weighted by molar-refractivity contribution is 7.88. The summed E-state index contributed by atoms with van der Waals surface area (Å²) in [6, 6.07) is 8.04. The van der Waals surface area contributed by atoms with Crippen LogP contribution in [0.15, 0.2) is 24.3 Å². The Kier molecular flexibility index (Phi) is 5.00. The maximum Gasteiger partial charge on any atom is 0.221 e. The Labute approximate surface area is 126 Å². The number of nitrogens with one attached hydrogen (secondary N) is 1. The summed E-state index contributed by atoms with van der Waals surface area (Å²) >= 11 is 0. The lowest BCUT2D eigenvalue weighted by molar-refractivity contribution is -0.121. The molecule has 0 radical (unpaired) electrons. The van der Waals surface area contributed by atoms with Gasteiger partial charge in [-0.05, 0) is 25.3 Å². The molecule has 0 bridgehead atoms. The van der Waals surface area contributed by atoms with Gasteiger partial charge in [0.05, 0.1) is 6.26 Å². The fraction of sp³-hybridized carbons (Fsp3) is 0.533. The number of hydrogen-bond donors (Lipinski definition) is 1. The van der Waals surface area contributed by atoms with Gasteiger partial charge in [-0.2, -0.15) is 4.31 Å². The predicted molar refractivity (Wildman–Crippen MR) is 82.2 cm³/mol.